The summed E-state index contributed by atoms with van der Waals surface area (Å²) in [5, 5.41) is 12.3. The third kappa shape index (κ3) is 6.89. The second-order valence-electron chi connectivity index (χ2n) is 10.7. The number of imidazole rings is 1. The van der Waals surface area contributed by atoms with E-state index in [4.69, 9.17) is 10.1 Å². The Hall–Kier alpha value is -3.39. The predicted molar refractivity (Wildman–Crippen MR) is 155 cm³/mol. The Kier molecular flexibility index (Phi) is 8.17. The highest BCUT2D eigenvalue weighted by Crippen LogP contribution is 2.34. The number of hydrogen-bond donors (Lipinski definition) is 2. The largest absolute Gasteiger partial charge is 0.364 e. The minimum absolute atomic E-state index is 0.0133. The zero-order chi connectivity index (χ0) is 26.6. The molecule has 2 N–H and O–H groups in total. The van der Waals surface area contributed by atoms with Gasteiger partial charge in [-0.15, -0.1) is 5.10 Å². The number of nitrogens with one attached hydrogen (secondary N) is 2. The van der Waals surface area contributed by atoms with Crippen LogP contribution in [0.25, 0.3) is 16.2 Å². The lowest BCUT2D eigenvalue weighted by atomic mass is 10.1. The number of carbonyl (C=O) groups excluding carboxylic acids is 1. The van der Waals surface area contributed by atoms with E-state index in [1.54, 1.807) is 0 Å². The molecular formula is C29H38N6OS. The fourth-order valence-electron chi connectivity index (χ4n) is 4.16. The Labute approximate surface area is 223 Å². The van der Waals surface area contributed by atoms with Crippen molar-refractivity contribution in [2.45, 2.75) is 65.5 Å². The van der Waals surface area contributed by atoms with E-state index in [1.807, 2.05) is 34.7 Å². The topological polar surface area (TPSA) is 74.6 Å². The van der Waals surface area contributed by atoms with Gasteiger partial charge in [-0.3, -0.25) is 4.79 Å². The molecule has 7 nitrogen and oxygen atoms in total. The van der Waals surface area contributed by atoms with Crippen molar-refractivity contribution in [1.29, 1.82) is 0 Å². The minimum Gasteiger partial charge on any atom is -0.364 e. The lowest BCUT2D eigenvalue weighted by molar-refractivity contribution is -0.120. The van der Waals surface area contributed by atoms with Crippen molar-refractivity contribution >= 4 is 33.2 Å². The number of aryl methyl sites for hydroxylation is 2. The molecule has 1 unspecified atom stereocenters. The molecule has 8 heteroatoms. The Balaban J connectivity index is 1.47. The Morgan fingerprint density at radius 1 is 1.08 bits per heavy atom. The number of benzene rings is 2. The number of hydrogen-bond acceptors (Lipinski definition) is 6. The van der Waals surface area contributed by atoms with Crippen LogP contribution in [0.4, 0.5) is 10.9 Å². The molecule has 4 rings (SSSR count). The van der Waals surface area contributed by atoms with Crippen LogP contribution < -0.4 is 15.5 Å². The smallest absolute Gasteiger partial charge is 0.239 e. The maximum Gasteiger partial charge on any atom is 0.239 e. The summed E-state index contributed by atoms with van der Waals surface area (Å²) in [4.78, 5) is 20.3. The van der Waals surface area contributed by atoms with Crippen molar-refractivity contribution in [3.05, 3.63) is 65.7 Å². The van der Waals surface area contributed by atoms with Crippen molar-refractivity contribution in [3.8, 4) is 11.3 Å². The summed E-state index contributed by atoms with van der Waals surface area (Å²) in [5.41, 5.74) is 4.35. The number of nitrogens with zero attached hydrogens (tertiary/aromatic N) is 4. The highest BCUT2D eigenvalue weighted by atomic mass is 32.1. The molecule has 0 fully saturated rings. The molecule has 0 radical (unpaired) electrons. The third-order valence-corrected chi connectivity index (χ3v) is 7.17. The number of likely N-dealkylation sites (N-methyl/N-ethyl adjacent to an activating group) is 1. The van der Waals surface area contributed by atoms with Gasteiger partial charge in [0.1, 0.15) is 5.69 Å². The Morgan fingerprint density at radius 3 is 2.43 bits per heavy atom. The van der Waals surface area contributed by atoms with Crippen LogP contribution in [-0.2, 0) is 17.6 Å². The molecule has 0 bridgehead atoms. The Bertz CT molecular complexity index is 1320. The summed E-state index contributed by atoms with van der Waals surface area (Å²) < 4.78 is 1.87. The molecule has 0 aliphatic carbocycles. The van der Waals surface area contributed by atoms with Crippen molar-refractivity contribution in [1.82, 2.24) is 19.9 Å². The molecule has 2 heterocycles. The summed E-state index contributed by atoms with van der Waals surface area (Å²) in [6.45, 7) is 10.8. The van der Waals surface area contributed by atoms with Crippen LogP contribution in [0.3, 0.4) is 0 Å². The fraction of sp³-hybridized carbons (Fsp3) is 0.414. The summed E-state index contributed by atoms with van der Waals surface area (Å²) in [6, 6.07) is 19.0. The van der Waals surface area contributed by atoms with Crippen LogP contribution >= 0.6 is 11.3 Å². The molecule has 196 valence electrons. The van der Waals surface area contributed by atoms with Crippen molar-refractivity contribution < 1.29 is 4.79 Å². The second-order valence-corrected chi connectivity index (χ2v) is 11.6. The van der Waals surface area contributed by atoms with Crippen molar-refractivity contribution in [2.24, 2.45) is 0 Å². The first kappa shape index (κ1) is 26.7. The average molecular weight is 519 g/mol. The molecular weight excluding hydrogens is 480 g/mol. The van der Waals surface area contributed by atoms with Gasteiger partial charge in [0.15, 0.2) is 5.82 Å². The summed E-state index contributed by atoms with van der Waals surface area (Å²) in [5.74, 6) is 0.849. The normalized spacial score (nSPS) is 12.5. The maximum atomic E-state index is 12.7. The molecule has 1 atom stereocenters. The van der Waals surface area contributed by atoms with Gasteiger partial charge in [0.2, 0.25) is 16.0 Å². The first-order valence-corrected chi connectivity index (χ1v) is 13.8. The van der Waals surface area contributed by atoms with E-state index in [0.717, 1.165) is 46.4 Å². The van der Waals surface area contributed by atoms with Gasteiger partial charge in [-0.05, 0) is 58.1 Å². The minimum atomic E-state index is -0.167. The van der Waals surface area contributed by atoms with Crippen LogP contribution in [0.2, 0.25) is 0 Å². The SMILES string of the molecule is CCc1ccc(-c2nc3sc(N(C)CC(=O)NC(C)CCc4ccccc4)nn3c2NC(C)(C)C)cc1. The standard InChI is InChI=1S/C29H38N6OS/c1-7-21-15-17-23(18-16-21)25-26(32-29(3,4)5)35-27(31-25)37-28(33-35)34(6)19-24(36)30-20(2)13-14-22-11-9-8-10-12-22/h8-12,15-18,20,32H,7,13-14,19H2,1-6H3,(H,30,36). The van der Waals surface area contributed by atoms with E-state index in [0.29, 0.717) is 0 Å². The van der Waals surface area contributed by atoms with E-state index in [2.05, 4.69) is 81.7 Å². The van der Waals surface area contributed by atoms with Gasteiger partial charge in [0, 0.05) is 24.2 Å². The van der Waals surface area contributed by atoms with Crippen LogP contribution in [-0.4, -0.2) is 45.7 Å². The first-order valence-electron chi connectivity index (χ1n) is 12.9. The zero-order valence-corrected chi connectivity index (χ0v) is 23.5. The lowest BCUT2D eigenvalue weighted by Crippen LogP contribution is -2.40. The molecule has 0 saturated heterocycles. The van der Waals surface area contributed by atoms with Gasteiger partial charge >= 0.3 is 0 Å². The summed E-state index contributed by atoms with van der Waals surface area (Å²) in [7, 11) is 1.90. The van der Waals surface area contributed by atoms with Crippen LogP contribution in [0, 0.1) is 0 Å². The Morgan fingerprint density at radius 2 is 1.78 bits per heavy atom. The molecule has 0 spiro atoms. The quantitative estimate of drug-likeness (QED) is 0.277. The number of fused-ring (bicyclic) bond motifs is 1. The van der Waals surface area contributed by atoms with Gasteiger partial charge in [-0.1, -0.05) is 72.9 Å². The summed E-state index contributed by atoms with van der Waals surface area (Å²) in [6.07, 6.45) is 2.84. The van der Waals surface area contributed by atoms with E-state index >= 15 is 0 Å². The fourth-order valence-corrected chi connectivity index (χ4v) is 5.02. The van der Waals surface area contributed by atoms with Crippen LogP contribution in [0.15, 0.2) is 54.6 Å². The molecule has 2 aromatic heterocycles. The van der Waals surface area contributed by atoms with Gasteiger partial charge in [0.05, 0.1) is 6.54 Å². The lowest BCUT2D eigenvalue weighted by Gasteiger charge is -2.22. The van der Waals surface area contributed by atoms with Crippen LogP contribution in [0.5, 0.6) is 0 Å². The molecule has 4 aromatic rings. The molecule has 37 heavy (non-hydrogen) atoms. The van der Waals surface area contributed by atoms with Crippen molar-refractivity contribution in [3.63, 3.8) is 0 Å². The second kappa shape index (κ2) is 11.3. The number of amides is 1. The number of carbonyl (C=O) groups is 1. The predicted octanol–water partition coefficient (Wildman–Crippen LogP) is 5.80. The molecule has 0 aliphatic rings. The van der Waals surface area contributed by atoms with E-state index in [1.165, 1.54) is 22.5 Å². The van der Waals surface area contributed by atoms with Gasteiger partial charge < -0.3 is 15.5 Å². The van der Waals surface area contributed by atoms with E-state index < -0.39 is 0 Å². The summed E-state index contributed by atoms with van der Waals surface area (Å²) >= 11 is 1.48. The molecule has 0 aliphatic heterocycles. The van der Waals surface area contributed by atoms with Gasteiger partial charge in [-0.25, -0.2) is 4.98 Å². The molecule has 2 aromatic carbocycles. The maximum absolute atomic E-state index is 12.7. The highest BCUT2D eigenvalue weighted by Gasteiger charge is 2.23. The van der Waals surface area contributed by atoms with E-state index in [9.17, 15) is 4.79 Å². The number of rotatable bonds is 10. The monoisotopic (exact) mass is 518 g/mol. The number of anilines is 2. The van der Waals surface area contributed by atoms with Gasteiger partial charge in [0.25, 0.3) is 0 Å². The van der Waals surface area contributed by atoms with Crippen molar-refractivity contribution in [2.75, 3.05) is 23.8 Å². The van der Waals surface area contributed by atoms with E-state index in [-0.39, 0.29) is 24.0 Å². The highest BCUT2D eigenvalue weighted by molar-refractivity contribution is 7.20. The van der Waals surface area contributed by atoms with Gasteiger partial charge in [-0.2, -0.15) is 4.52 Å². The number of aromatic nitrogens is 3. The first-order chi connectivity index (χ1) is 17.6. The zero-order valence-electron chi connectivity index (χ0n) is 22.7. The molecule has 0 saturated carbocycles. The molecule has 1 amide bonds. The van der Waals surface area contributed by atoms with Crippen LogP contribution in [0.1, 0.15) is 52.2 Å². The third-order valence-electron chi connectivity index (χ3n) is 6.15. The average Bonchev–Trinajstić information content (AvgIpc) is 3.42.